The first kappa shape index (κ1) is 14.5. The zero-order valence-corrected chi connectivity index (χ0v) is 12.0. The summed E-state index contributed by atoms with van der Waals surface area (Å²) in [6.45, 7) is 1.72. The number of sulfone groups is 1. The first-order valence-electron chi connectivity index (χ1n) is 5.95. The van der Waals surface area contributed by atoms with Crippen molar-refractivity contribution in [3.05, 3.63) is 47.7 Å². The molecule has 0 bridgehead atoms. The fourth-order valence-electron chi connectivity index (χ4n) is 1.67. The molecule has 0 unspecified atom stereocenters. The van der Waals surface area contributed by atoms with Crippen LogP contribution in [0.3, 0.4) is 0 Å². The number of aryl methyl sites for hydroxylation is 1. The lowest BCUT2D eigenvalue weighted by atomic mass is 10.2. The van der Waals surface area contributed by atoms with Gasteiger partial charge < -0.3 is 9.84 Å². The van der Waals surface area contributed by atoms with Crippen LogP contribution in [0.2, 0.25) is 0 Å². The number of pyridine rings is 1. The second-order valence-corrected chi connectivity index (χ2v) is 6.41. The Kier molecular flexibility index (Phi) is 4.06. The molecule has 6 heteroatoms. The van der Waals surface area contributed by atoms with E-state index in [-0.39, 0.29) is 11.5 Å². The van der Waals surface area contributed by atoms with E-state index in [1.165, 1.54) is 12.1 Å². The molecule has 0 aliphatic heterocycles. The second kappa shape index (κ2) is 5.60. The summed E-state index contributed by atoms with van der Waals surface area (Å²) in [6.07, 6.45) is 1.15. The van der Waals surface area contributed by atoms with Crippen molar-refractivity contribution in [2.75, 3.05) is 6.26 Å². The summed E-state index contributed by atoms with van der Waals surface area (Å²) in [5, 5.41) is 9.07. The molecule has 2 rings (SSSR count). The van der Waals surface area contributed by atoms with E-state index in [4.69, 9.17) is 9.84 Å². The standard InChI is InChI=1S/C14H15NO4S/c1-10-11(9-16)3-8-14(15-10)19-12-4-6-13(7-5-12)20(2,17)18/h3-8,16H,9H2,1-2H3. The zero-order valence-electron chi connectivity index (χ0n) is 11.2. The summed E-state index contributed by atoms with van der Waals surface area (Å²) in [4.78, 5) is 4.45. The van der Waals surface area contributed by atoms with Crippen LogP contribution in [0.15, 0.2) is 41.3 Å². The molecule has 0 radical (unpaired) electrons. The maximum Gasteiger partial charge on any atom is 0.219 e. The Morgan fingerprint density at radius 3 is 2.30 bits per heavy atom. The van der Waals surface area contributed by atoms with E-state index in [0.717, 1.165) is 11.8 Å². The van der Waals surface area contributed by atoms with Crippen molar-refractivity contribution in [3.63, 3.8) is 0 Å². The summed E-state index contributed by atoms with van der Waals surface area (Å²) in [5.74, 6) is 0.896. The summed E-state index contributed by atoms with van der Waals surface area (Å²) < 4.78 is 28.2. The minimum atomic E-state index is -3.21. The lowest BCUT2D eigenvalue weighted by Crippen LogP contribution is -1.97. The fourth-order valence-corrected chi connectivity index (χ4v) is 2.30. The zero-order chi connectivity index (χ0) is 14.8. The number of aliphatic hydroxyl groups is 1. The van der Waals surface area contributed by atoms with E-state index in [0.29, 0.717) is 17.3 Å². The molecule has 0 fully saturated rings. The molecule has 0 spiro atoms. The van der Waals surface area contributed by atoms with Crippen LogP contribution in [0.4, 0.5) is 0 Å². The van der Waals surface area contributed by atoms with Crippen LogP contribution in [0.25, 0.3) is 0 Å². The van der Waals surface area contributed by atoms with Crippen LogP contribution >= 0.6 is 0 Å². The summed E-state index contributed by atoms with van der Waals surface area (Å²) in [5.41, 5.74) is 1.43. The van der Waals surface area contributed by atoms with Crippen molar-refractivity contribution in [2.24, 2.45) is 0 Å². The molecule has 0 aliphatic carbocycles. The molecule has 2 aromatic rings. The van der Waals surface area contributed by atoms with E-state index in [1.54, 1.807) is 31.2 Å². The molecule has 1 N–H and O–H groups in total. The first-order valence-corrected chi connectivity index (χ1v) is 7.84. The van der Waals surface area contributed by atoms with Crippen LogP contribution in [0.5, 0.6) is 11.6 Å². The van der Waals surface area contributed by atoms with E-state index >= 15 is 0 Å². The SMILES string of the molecule is Cc1nc(Oc2ccc(S(C)(=O)=O)cc2)ccc1CO. The average Bonchev–Trinajstić information content (AvgIpc) is 2.38. The number of rotatable bonds is 4. The molecule has 0 amide bonds. The van der Waals surface area contributed by atoms with Crippen LogP contribution in [-0.2, 0) is 16.4 Å². The van der Waals surface area contributed by atoms with Gasteiger partial charge in [-0.15, -0.1) is 0 Å². The Morgan fingerprint density at radius 1 is 1.15 bits per heavy atom. The number of aliphatic hydroxyl groups excluding tert-OH is 1. The van der Waals surface area contributed by atoms with E-state index in [9.17, 15) is 8.42 Å². The number of nitrogens with zero attached hydrogens (tertiary/aromatic N) is 1. The Morgan fingerprint density at radius 2 is 1.80 bits per heavy atom. The quantitative estimate of drug-likeness (QED) is 0.934. The third-order valence-electron chi connectivity index (χ3n) is 2.81. The summed E-state index contributed by atoms with van der Waals surface area (Å²) in [7, 11) is -3.21. The van der Waals surface area contributed by atoms with Crippen molar-refractivity contribution in [2.45, 2.75) is 18.4 Å². The average molecular weight is 293 g/mol. The van der Waals surface area contributed by atoms with Crippen molar-refractivity contribution < 1.29 is 18.3 Å². The molecule has 1 aromatic carbocycles. The van der Waals surface area contributed by atoms with E-state index in [2.05, 4.69) is 4.98 Å². The molecule has 20 heavy (non-hydrogen) atoms. The molecule has 0 saturated heterocycles. The lowest BCUT2D eigenvalue weighted by Gasteiger charge is -2.08. The maximum atomic E-state index is 11.3. The van der Waals surface area contributed by atoms with Gasteiger partial charge in [0.25, 0.3) is 0 Å². The van der Waals surface area contributed by atoms with Gasteiger partial charge in [0.05, 0.1) is 11.5 Å². The Labute approximate surface area is 117 Å². The molecule has 0 saturated carbocycles. The normalized spacial score (nSPS) is 11.3. The van der Waals surface area contributed by atoms with Crippen LogP contribution in [0.1, 0.15) is 11.3 Å². The number of hydrogen-bond donors (Lipinski definition) is 1. The highest BCUT2D eigenvalue weighted by atomic mass is 32.2. The van der Waals surface area contributed by atoms with Gasteiger partial charge in [-0.3, -0.25) is 0 Å². The lowest BCUT2D eigenvalue weighted by molar-refractivity contribution is 0.280. The van der Waals surface area contributed by atoms with Crippen LogP contribution in [-0.4, -0.2) is 24.8 Å². The van der Waals surface area contributed by atoms with Gasteiger partial charge in [0.2, 0.25) is 5.88 Å². The fraction of sp³-hybridized carbons (Fsp3) is 0.214. The number of hydrogen-bond acceptors (Lipinski definition) is 5. The van der Waals surface area contributed by atoms with Crippen LogP contribution in [0, 0.1) is 6.92 Å². The predicted octanol–water partition coefficient (Wildman–Crippen LogP) is 2.08. The summed E-state index contributed by atoms with van der Waals surface area (Å²) >= 11 is 0. The Bertz CT molecular complexity index is 708. The molecule has 106 valence electrons. The molecule has 5 nitrogen and oxygen atoms in total. The topological polar surface area (TPSA) is 76.5 Å². The van der Waals surface area contributed by atoms with Gasteiger partial charge in [0, 0.05) is 18.0 Å². The largest absolute Gasteiger partial charge is 0.439 e. The van der Waals surface area contributed by atoms with Gasteiger partial charge in [0.15, 0.2) is 9.84 Å². The molecular weight excluding hydrogens is 278 g/mol. The maximum absolute atomic E-state index is 11.3. The second-order valence-electron chi connectivity index (χ2n) is 4.40. The minimum absolute atomic E-state index is 0.0673. The highest BCUT2D eigenvalue weighted by molar-refractivity contribution is 7.90. The molecule has 0 atom stereocenters. The number of aromatic nitrogens is 1. The highest BCUT2D eigenvalue weighted by Gasteiger charge is 2.07. The van der Waals surface area contributed by atoms with Crippen molar-refractivity contribution in [1.29, 1.82) is 0 Å². The highest BCUT2D eigenvalue weighted by Crippen LogP contribution is 2.22. The molecular formula is C14H15NO4S. The van der Waals surface area contributed by atoms with Gasteiger partial charge in [-0.2, -0.15) is 0 Å². The van der Waals surface area contributed by atoms with Gasteiger partial charge in [-0.05, 0) is 42.8 Å². The number of benzene rings is 1. The van der Waals surface area contributed by atoms with E-state index in [1.807, 2.05) is 0 Å². The molecule has 1 aromatic heterocycles. The first-order chi connectivity index (χ1) is 9.40. The van der Waals surface area contributed by atoms with Crippen molar-refractivity contribution in [1.82, 2.24) is 4.98 Å². The van der Waals surface area contributed by atoms with Gasteiger partial charge in [-0.25, -0.2) is 13.4 Å². The van der Waals surface area contributed by atoms with Gasteiger partial charge >= 0.3 is 0 Å². The minimum Gasteiger partial charge on any atom is -0.439 e. The monoisotopic (exact) mass is 293 g/mol. The Balaban J connectivity index is 2.20. The van der Waals surface area contributed by atoms with Crippen LogP contribution < -0.4 is 4.74 Å². The van der Waals surface area contributed by atoms with Gasteiger partial charge in [-0.1, -0.05) is 0 Å². The van der Waals surface area contributed by atoms with Crippen molar-refractivity contribution >= 4 is 9.84 Å². The van der Waals surface area contributed by atoms with Crippen molar-refractivity contribution in [3.8, 4) is 11.6 Å². The Hall–Kier alpha value is -1.92. The van der Waals surface area contributed by atoms with Gasteiger partial charge in [0.1, 0.15) is 5.75 Å². The third kappa shape index (κ3) is 3.34. The molecule has 1 heterocycles. The molecule has 0 aliphatic rings. The van der Waals surface area contributed by atoms with E-state index < -0.39 is 9.84 Å². The number of ether oxygens (including phenoxy) is 1. The third-order valence-corrected chi connectivity index (χ3v) is 3.94. The smallest absolute Gasteiger partial charge is 0.219 e. The predicted molar refractivity (Wildman–Crippen MR) is 74.5 cm³/mol. The summed E-state index contributed by atoms with van der Waals surface area (Å²) in [6, 6.07) is 9.52.